The van der Waals surface area contributed by atoms with E-state index < -0.39 is 40.4 Å². The van der Waals surface area contributed by atoms with E-state index in [1.54, 1.807) is 0 Å². The third kappa shape index (κ3) is 2.70. The molecule has 0 atom stereocenters. The number of benzene rings is 1. The highest BCUT2D eigenvalue weighted by Crippen LogP contribution is 2.36. The van der Waals surface area contributed by atoms with Crippen molar-refractivity contribution < 1.29 is 30.8 Å². The summed E-state index contributed by atoms with van der Waals surface area (Å²) in [6.07, 6.45) is -7.95. The van der Waals surface area contributed by atoms with E-state index in [1.165, 1.54) is 0 Å². The van der Waals surface area contributed by atoms with Crippen LogP contribution < -0.4 is 5.56 Å². The van der Waals surface area contributed by atoms with E-state index in [1.807, 2.05) is 0 Å². The average Bonchev–Trinajstić information content (AvgIpc) is 3.10. The highest BCUT2D eigenvalue weighted by atomic mass is 19.4. The molecule has 0 spiro atoms. The molecule has 4 rings (SSSR count). The molecular weight excluding hydrogens is 392 g/mol. The summed E-state index contributed by atoms with van der Waals surface area (Å²) < 4.78 is 85.3. The monoisotopic (exact) mass is 399 g/mol. The largest absolute Gasteiger partial charge is 0.443 e. The Morgan fingerprint density at radius 1 is 0.964 bits per heavy atom. The third-order valence-corrected chi connectivity index (χ3v) is 4.08. The molecular formula is C17H7F6N3O2. The maximum atomic E-state index is 13.4. The Labute approximate surface area is 150 Å². The Morgan fingerprint density at radius 3 is 2.39 bits per heavy atom. The fourth-order valence-corrected chi connectivity index (χ4v) is 2.92. The van der Waals surface area contributed by atoms with Gasteiger partial charge in [-0.1, -0.05) is 0 Å². The first kappa shape index (κ1) is 18.0. The molecule has 0 aliphatic rings. The molecule has 0 radical (unpaired) electrons. The fraction of sp³-hybridized carbons (Fsp3) is 0.118. The SMILES string of the molecule is O=c1c2ncoc2c2ccc(C(F)(F)F)cc2n1-c1cccnc1C(F)(F)F. The number of alkyl halides is 6. The minimum Gasteiger partial charge on any atom is -0.443 e. The van der Waals surface area contributed by atoms with Gasteiger partial charge in [0.05, 0.1) is 16.8 Å². The normalized spacial score (nSPS) is 12.8. The topological polar surface area (TPSA) is 60.9 Å². The maximum Gasteiger partial charge on any atom is 0.435 e. The van der Waals surface area contributed by atoms with Crippen molar-refractivity contribution in [3.05, 3.63) is 64.5 Å². The number of pyridine rings is 2. The summed E-state index contributed by atoms with van der Waals surface area (Å²) in [5.74, 6) is 0. The van der Waals surface area contributed by atoms with Gasteiger partial charge in [0.15, 0.2) is 23.2 Å². The van der Waals surface area contributed by atoms with Gasteiger partial charge in [0.2, 0.25) is 0 Å². The van der Waals surface area contributed by atoms with Crippen LogP contribution in [0.5, 0.6) is 0 Å². The Kier molecular flexibility index (Phi) is 3.74. The molecule has 0 saturated heterocycles. The van der Waals surface area contributed by atoms with E-state index in [0.717, 1.165) is 36.9 Å². The first-order valence-electron chi connectivity index (χ1n) is 7.61. The number of hydrogen-bond donors (Lipinski definition) is 0. The van der Waals surface area contributed by atoms with Gasteiger partial charge in [-0.05, 0) is 30.3 Å². The van der Waals surface area contributed by atoms with Crippen LogP contribution in [0.15, 0.2) is 52.1 Å². The van der Waals surface area contributed by atoms with Gasteiger partial charge in [-0.25, -0.2) is 9.97 Å². The first-order valence-corrected chi connectivity index (χ1v) is 7.61. The Bertz CT molecular complexity index is 1270. The van der Waals surface area contributed by atoms with Crippen molar-refractivity contribution >= 4 is 22.0 Å². The molecule has 0 amide bonds. The zero-order valence-electron chi connectivity index (χ0n) is 13.5. The third-order valence-electron chi connectivity index (χ3n) is 4.08. The van der Waals surface area contributed by atoms with E-state index in [-0.39, 0.29) is 16.5 Å². The lowest BCUT2D eigenvalue weighted by molar-refractivity contribution is -0.141. The van der Waals surface area contributed by atoms with E-state index >= 15 is 0 Å². The highest BCUT2D eigenvalue weighted by molar-refractivity contribution is 6.01. The predicted octanol–water partition coefficient (Wildman–Crippen LogP) is 4.56. The molecule has 11 heteroatoms. The van der Waals surface area contributed by atoms with Crippen molar-refractivity contribution in [1.29, 1.82) is 0 Å². The summed E-state index contributed by atoms with van der Waals surface area (Å²) in [5, 5.41) is -0.00271. The summed E-state index contributed by atoms with van der Waals surface area (Å²) >= 11 is 0. The smallest absolute Gasteiger partial charge is 0.435 e. The van der Waals surface area contributed by atoms with Crippen LogP contribution in [0.25, 0.3) is 27.7 Å². The molecule has 4 aromatic rings. The van der Waals surface area contributed by atoms with E-state index in [2.05, 4.69) is 9.97 Å². The molecule has 3 aromatic heterocycles. The molecule has 0 aliphatic heterocycles. The zero-order chi connectivity index (χ0) is 20.3. The highest BCUT2D eigenvalue weighted by Gasteiger charge is 2.37. The quantitative estimate of drug-likeness (QED) is 0.440. The summed E-state index contributed by atoms with van der Waals surface area (Å²) in [7, 11) is 0. The number of halogens is 6. The Balaban J connectivity index is 2.22. The molecule has 5 nitrogen and oxygen atoms in total. The van der Waals surface area contributed by atoms with Crippen LogP contribution in [0.2, 0.25) is 0 Å². The first-order chi connectivity index (χ1) is 13.1. The number of fused-ring (bicyclic) bond motifs is 3. The molecule has 0 unspecified atom stereocenters. The minimum atomic E-state index is -4.94. The average molecular weight is 399 g/mol. The van der Waals surface area contributed by atoms with Crippen molar-refractivity contribution in [3.8, 4) is 5.69 Å². The fourth-order valence-electron chi connectivity index (χ4n) is 2.92. The van der Waals surface area contributed by atoms with Gasteiger partial charge in [0.25, 0.3) is 5.56 Å². The van der Waals surface area contributed by atoms with Crippen molar-refractivity contribution in [2.45, 2.75) is 12.4 Å². The second-order valence-electron chi connectivity index (χ2n) is 5.77. The van der Waals surface area contributed by atoms with Crippen LogP contribution in [0.3, 0.4) is 0 Å². The van der Waals surface area contributed by atoms with Crippen LogP contribution in [0.1, 0.15) is 11.3 Å². The maximum absolute atomic E-state index is 13.4. The lowest BCUT2D eigenvalue weighted by atomic mass is 10.1. The van der Waals surface area contributed by atoms with Crippen LogP contribution in [-0.2, 0) is 12.4 Å². The van der Waals surface area contributed by atoms with Crippen molar-refractivity contribution in [1.82, 2.24) is 14.5 Å². The van der Waals surface area contributed by atoms with Gasteiger partial charge in [-0.15, -0.1) is 0 Å². The summed E-state index contributed by atoms with van der Waals surface area (Å²) in [4.78, 5) is 19.8. The van der Waals surface area contributed by atoms with Crippen LogP contribution >= 0.6 is 0 Å². The van der Waals surface area contributed by atoms with Gasteiger partial charge in [0, 0.05) is 11.6 Å². The van der Waals surface area contributed by atoms with Crippen LogP contribution in [0, 0.1) is 0 Å². The molecule has 0 N–H and O–H groups in total. The summed E-state index contributed by atoms with van der Waals surface area (Å²) in [6, 6.07) is 4.44. The Hall–Kier alpha value is -3.37. The molecule has 1 aromatic carbocycles. The molecule has 144 valence electrons. The molecule has 0 bridgehead atoms. The van der Waals surface area contributed by atoms with E-state index in [0.29, 0.717) is 10.6 Å². The molecule has 28 heavy (non-hydrogen) atoms. The van der Waals surface area contributed by atoms with Gasteiger partial charge < -0.3 is 4.42 Å². The molecule has 0 saturated carbocycles. The number of hydrogen-bond acceptors (Lipinski definition) is 4. The predicted molar refractivity (Wildman–Crippen MR) is 84.9 cm³/mol. The van der Waals surface area contributed by atoms with E-state index in [9.17, 15) is 31.1 Å². The van der Waals surface area contributed by atoms with Gasteiger partial charge >= 0.3 is 12.4 Å². The van der Waals surface area contributed by atoms with Gasteiger partial charge in [-0.2, -0.15) is 26.3 Å². The molecule has 0 fully saturated rings. The van der Waals surface area contributed by atoms with Crippen molar-refractivity contribution in [3.63, 3.8) is 0 Å². The summed E-state index contributed by atoms with van der Waals surface area (Å²) in [6.45, 7) is 0. The van der Waals surface area contributed by atoms with Crippen molar-refractivity contribution in [2.24, 2.45) is 0 Å². The van der Waals surface area contributed by atoms with Gasteiger partial charge in [-0.3, -0.25) is 9.36 Å². The molecule has 0 aliphatic carbocycles. The second kappa shape index (κ2) is 5.81. The summed E-state index contributed by atoms with van der Waals surface area (Å²) in [5.41, 5.74) is -5.18. The second-order valence-corrected chi connectivity index (χ2v) is 5.77. The zero-order valence-corrected chi connectivity index (χ0v) is 13.5. The minimum absolute atomic E-state index is 0.00271. The van der Waals surface area contributed by atoms with Crippen molar-refractivity contribution in [2.75, 3.05) is 0 Å². The van der Waals surface area contributed by atoms with Crippen LogP contribution in [-0.4, -0.2) is 14.5 Å². The van der Waals surface area contributed by atoms with Gasteiger partial charge in [0.1, 0.15) is 0 Å². The number of nitrogens with zero attached hydrogens (tertiary/aromatic N) is 3. The Morgan fingerprint density at radius 2 is 1.71 bits per heavy atom. The molecule has 3 heterocycles. The number of aromatic nitrogens is 3. The number of oxazole rings is 1. The number of rotatable bonds is 1. The van der Waals surface area contributed by atoms with E-state index in [4.69, 9.17) is 4.42 Å². The standard InChI is InChI=1S/C17H7F6N3O2/c18-16(19,20)8-3-4-9-11(6-8)26(15(27)12-13(9)28-7-25-12)10-2-1-5-24-14(10)17(21,22)23/h1-7H. The lowest BCUT2D eigenvalue weighted by Gasteiger charge is -2.16. The van der Waals surface area contributed by atoms with Crippen LogP contribution in [0.4, 0.5) is 26.3 Å². The lowest BCUT2D eigenvalue weighted by Crippen LogP contribution is -2.23.